The third kappa shape index (κ3) is 6.51. The molecule has 1 aliphatic rings. The van der Waals surface area contributed by atoms with Crippen LogP contribution >= 0.6 is 12.4 Å². The largest absolute Gasteiger partial charge is 0.313 e. The molecule has 148 valence electrons. The maximum absolute atomic E-state index is 14.1. The van der Waals surface area contributed by atoms with Crippen molar-refractivity contribution in [1.82, 2.24) is 10.0 Å². The summed E-state index contributed by atoms with van der Waals surface area (Å²) in [5, 5.41) is 3.13. The zero-order valence-electron chi connectivity index (χ0n) is 14.3. The Bertz CT molecular complexity index is 858. The highest BCUT2D eigenvalue weighted by Gasteiger charge is 2.19. The van der Waals surface area contributed by atoms with E-state index < -0.39 is 25.9 Å². The number of halogens is 2. The van der Waals surface area contributed by atoms with E-state index in [0.29, 0.717) is 13.0 Å². The molecule has 0 aromatic heterocycles. The van der Waals surface area contributed by atoms with Gasteiger partial charge in [-0.1, -0.05) is 18.6 Å². The predicted molar refractivity (Wildman–Crippen MR) is 102 cm³/mol. The summed E-state index contributed by atoms with van der Waals surface area (Å²) in [6.07, 6.45) is 3.05. The first-order valence-corrected chi connectivity index (χ1v) is 11.1. The van der Waals surface area contributed by atoms with Gasteiger partial charge in [0.15, 0.2) is 0 Å². The summed E-state index contributed by atoms with van der Waals surface area (Å²) in [6.45, 7) is 3.33. The number of benzene rings is 1. The first-order valence-electron chi connectivity index (χ1n) is 7.92. The van der Waals surface area contributed by atoms with Gasteiger partial charge in [-0.25, -0.2) is 25.9 Å². The van der Waals surface area contributed by atoms with Crippen LogP contribution in [0.25, 0.3) is 0 Å². The second-order valence-electron chi connectivity index (χ2n) is 5.70. The summed E-state index contributed by atoms with van der Waals surface area (Å²) in [4.78, 5) is -0.252. The van der Waals surface area contributed by atoms with E-state index in [1.165, 1.54) is 6.07 Å². The molecule has 0 fully saturated rings. The maximum atomic E-state index is 14.1. The molecule has 0 saturated heterocycles. The van der Waals surface area contributed by atoms with Crippen molar-refractivity contribution in [2.24, 2.45) is 0 Å². The topological polar surface area (TPSA) is 104 Å². The molecule has 3 N–H and O–H groups in total. The number of rotatable bonds is 8. The van der Waals surface area contributed by atoms with Crippen LogP contribution in [0.1, 0.15) is 19.8 Å². The Morgan fingerprint density at radius 1 is 1.23 bits per heavy atom. The van der Waals surface area contributed by atoms with Gasteiger partial charge >= 0.3 is 0 Å². The van der Waals surface area contributed by atoms with Crippen LogP contribution in [0.15, 0.2) is 34.7 Å². The standard InChI is InChI=1S/C15H22FN3O4S2.ClH/c1-2-9-24(20,21)19-15-4-3-13(10-14(15)16)25(22,23)18-11-12-5-7-17-8-6-12;/h3-5,10,17-19H,2,6-9,11H2,1H3;1H. The molecule has 0 spiro atoms. The second kappa shape index (κ2) is 9.65. The van der Waals surface area contributed by atoms with E-state index in [0.717, 1.165) is 30.7 Å². The molecule has 2 rings (SSSR count). The van der Waals surface area contributed by atoms with Crippen LogP contribution in [0.3, 0.4) is 0 Å². The predicted octanol–water partition coefficient (Wildman–Crippen LogP) is 1.60. The first kappa shape index (κ1) is 22.8. The van der Waals surface area contributed by atoms with Gasteiger partial charge < -0.3 is 5.32 Å². The van der Waals surface area contributed by atoms with E-state index >= 15 is 0 Å². The fourth-order valence-electron chi connectivity index (χ4n) is 2.33. The zero-order valence-corrected chi connectivity index (χ0v) is 16.7. The Morgan fingerprint density at radius 2 is 1.96 bits per heavy atom. The minimum absolute atomic E-state index is 0. The zero-order chi connectivity index (χ0) is 18.5. The molecular weight excluding hydrogens is 405 g/mol. The highest BCUT2D eigenvalue weighted by Crippen LogP contribution is 2.20. The molecule has 0 aliphatic carbocycles. The van der Waals surface area contributed by atoms with E-state index in [-0.39, 0.29) is 35.3 Å². The number of nitrogens with one attached hydrogen (secondary N) is 3. The molecule has 11 heteroatoms. The number of anilines is 1. The van der Waals surface area contributed by atoms with E-state index in [1.54, 1.807) is 6.92 Å². The highest BCUT2D eigenvalue weighted by atomic mass is 35.5. The maximum Gasteiger partial charge on any atom is 0.240 e. The van der Waals surface area contributed by atoms with Gasteiger partial charge in [-0.15, -0.1) is 12.4 Å². The summed E-state index contributed by atoms with van der Waals surface area (Å²) in [6, 6.07) is 3.09. The van der Waals surface area contributed by atoms with Crippen molar-refractivity contribution in [3.8, 4) is 0 Å². The van der Waals surface area contributed by atoms with Gasteiger partial charge in [0.1, 0.15) is 5.82 Å². The van der Waals surface area contributed by atoms with Crippen molar-refractivity contribution in [2.75, 3.05) is 30.1 Å². The van der Waals surface area contributed by atoms with Crippen LogP contribution in [-0.4, -0.2) is 42.2 Å². The SMILES string of the molecule is CCCS(=O)(=O)Nc1ccc(S(=O)(=O)NCC2=CCNCC2)cc1F.Cl. The van der Waals surface area contributed by atoms with Crippen molar-refractivity contribution >= 4 is 38.1 Å². The lowest BCUT2D eigenvalue weighted by Crippen LogP contribution is -2.29. The fraction of sp³-hybridized carbons (Fsp3) is 0.467. The Hall–Kier alpha value is -1.20. The average molecular weight is 428 g/mol. The monoisotopic (exact) mass is 427 g/mol. The third-order valence-electron chi connectivity index (χ3n) is 3.64. The van der Waals surface area contributed by atoms with Gasteiger partial charge in [-0.05, 0) is 37.6 Å². The van der Waals surface area contributed by atoms with Gasteiger partial charge in [0.05, 0.1) is 16.3 Å². The molecule has 26 heavy (non-hydrogen) atoms. The van der Waals surface area contributed by atoms with E-state index in [4.69, 9.17) is 0 Å². The molecule has 0 amide bonds. The minimum Gasteiger partial charge on any atom is -0.313 e. The Kier molecular flexibility index (Phi) is 8.48. The van der Waals surface area contributed by atoms with Crippen molar-refractivity contribution in [3.63, 3.8) is 0 Å². The first-order chi connectivity index (χ1) is 11.7. The summed E-state index contributed by atoms with van der Waals surface area (Å²) in [7, 11) is -7.53. The number of hydrogen-bond acceptors (Lipinski definition) is 5. The van der Waals surface area contributed by atoms with Crippen LogP contribution in [0.5, 0.6) is 0 Å². The Morgan fingerprint density at radius 3 is 2.54 bits per heavy atom. The normalized spacial score (nSPS) is 15.1. The van der Waals surface area contributed by atoms with E-state index in [2.05, 4.69) is 14.8 Å². The molecule has 0 atom stereocenters. The summed E-state index contributed by atoms with van der Waals surface area (Å²) in [5.74, 6) is -1.08. The lowest BCUT2D eigenvalue weighted by atomic mass is 10.1. The van der Waals surface area contributed by atoms with Gasteiger partial charge in [0.25, 0.3) is 0 Å². The molecule has 7 nitrogen and oxygen atoms in total. The van der Waals surface area contributed by atoms with Crippen molar-refractivity contribution < 1.29 is 21.2 Å². The van der Waals surface area contributed by atoms with Crippen LogP contribution in [0, 0.1) is 5.82 Å². The number of sulfonamides is 2. The van der Waals surface area contributed by atoms with Crippen LogP contribution in [0.2, 0.25) is 0 Å². The lowest BCUT2D eigenvalue weighted by molar-refractivity contribution is 0.579. The Balaban J connectivity index is 0.00000338. The molecule has 0 radical (unpaired) electrons. The van der Waals surface area contributed by atoms with Crippen molar-refractivity contribution in [1.29, 1.82) is 0 Å². The molecule has 1 aromatic rings. The lowest BCUT2D eigenvalue weighted by Gasteiger charge is -2.15. The molecule has 1 aromatic carbocycles. The third-order valence-corrected chi connectivity index (χ3v) is 6.51. The quantitative estimate of drug-likeness (QED) is 0.546. The summed E-state index contributed by atoms with van der Waals surface area (Å²) >= 11 is 0. The fourth-order valence-corrected chi connectivity index (χ4v) is 4.52. The van der Waals surface area contributed by atoms with Gasteiger partial charge in [0.2, 0.25) is 20.0 Å². The smallest absolute Gasteiger partial charge is 0.240 e. The van der Waals surface area contributed by atoms with Crippen LogP contribution in [0.4, 0.5) is 10.1 Å². The second-order valence-corrected chi connectivity index (χ2v) is 9.31. The van der Waals surface area contributed by atoms with Crippen molar-refractivity contribution in [3.05, 3.63) is 35.7 Å². The van der Waals surface area contributed by atoms with Gasteiger partial charge in [-0.2, -0.15) is 0 Å². The van der Waals surface area contributed by atoms with Gasteiger partial charge in [-0.3, -0.25) is 4.72 Å². The minimum atomic E-state index is -3.88. The molecule has 0 bridgehead atoms. The summed E-state index contributed by atoms with van der Waals surface area (Å²) < 4.78 is 66.6. The van der Waals surface area contributed by atoms with Gasteiger partial charge in [0, 0.05) is 13.1 Å². The average Bonchev–Trinajstić information content (AvgIpc) is 2.55. The molecule has 0 saturated carbocycles. The molecule has 1 heterocycles. The Labute approximate surface area is 160 Å². The van der Waals surface area contributed by atoms with Crippen LogP contribution < -0.4 is 14.8 Å². The van der Waals surface area contributed by atoms with Crippen LogP contribution in [-0.2, 0) is 20.0 Å². The number of hydrogen-bond donors (Lipinski definition) is 3. The van der Waals surface area contributed by atoms with E-state index in [1.807, 2.05) is 6.08 Å². The highest BCUT2D eigenvalue weighted by molar-refractivity contribution is 7.92. The molecule has 0 unspecified atom stereocenters. The summed E-state index contributed by atoms with van der Waals surface area (Å²) in [5.41, 5.74) is 0.695. The molecule has 1 aliphatic heterocycles. The molecular formula is C15H23ClFN3O4S2. The van der Waals surface area contributed by atoms with E-state index in [9.17, 15) is 21.2 Å². The van der Waals surface area contributed by atoms with Crippen molar-refractivity contribution in [2.45, 2.75) is 24.7 Å².